The van der Waals surface area contributed by atoms with Gasteiger partial charge in [-0.15, -0.1) is 0 Å². The molecule has 2 atom stereocenters. The Morgan fingerprint density at radius 3 is 0.988 bits per heavy atom. The molecular weight excluding hydrogens is 995 g/mol. The summed E-state index contributed by atoms with van der Waals surface area (Å²) in [4.78, 5) is 37.4. The van der Waals surface area contributed by atoms with Gasteiger partial charge in [0.15, 0.2) is 12.4 Å². The summed E-state index contributed by atoms with van der Waals surface area (Å²) in [6, 6.07) is 0. The van der Waals surface area contributed by atoms with Crippen molar-refractivity contribution in [3.05, 3.63) is 24.3 Å². The van der Waals surface area contributed by atoms with Gasteiger partial charge >= 0.3 is 11.9 Å². The Kier molecular flexibility index (Phi) is 61.1. The number of ether oxygens (including phenoxy) is 4. The molecule has 0 heterocycles. The molecular formula is C71H135NO8. The topological polar surface area (TPSA) is 111 Å². The predicted molar refractivity (Wildman–Crippen MR) is 339 cm³/mol. The number of quaternary nitrogens is 1. The van der Waals surface area contributed by atoms with Crippen molar-refractivity contribution in [1.82, 2.24) is 0 Å². The molecule has 0 N–H and O–H groups in total. The molecule has 0 saturated carbocycles. The molecule has 9 heteroatoms. The van der Waals surface area contributed by atoms with E-state index in [0.29, 0.717) is 23.9 Å². The van der Waals surface area contributed by atoms with Crippen LogP contribution in [-0.2, 0) is 33.3 Å². The summed E-state index contributed by atoms with van der Waals surface area (Å²) in [5.41, 5.74) is 0. The van der Waals surface area contributed by atoms with Gasteiger partial charge in [-0.05, 0) is 44.9 Å². The van der Waals surface area contributed by atoms with Crippen LogP contribution in [0.3, 0.4) is 0 Å². The van der Waals surface area contributed by atoms with Crippen molar-refractivity contribution in [2.75, 3.05) is 47.5 Å². The van der Waals surface area contributed by atoms with Crippen LogP contribution in [0, 0.1) is 0 Å². The third-order valence-electron chi connectivity index (χ3n) is 16.0. The zero-order valence-corrected chi connectivity index (χ0v) is 54.0. The lowest BCUT2D eigenvalue weighted by Crippen LogP contribution is -2.44. The summed E-state index contributed by atoms with van der Waals surface area (Å²) in [6.07, 6.45) is 74.2. The monoisotopic (exact) mass is 1130 g/mol. The normalized spacial score (nSPS) is 12.8. The number of unbranched alkanes of at least 4 members (excludes halogenated alkanes) is 47. The number of carboxylic acid groups (broad SMARTS) is 1. The molecule has 9 nitrogen and oxygen atoms in total. The average molecular weight is 1130 g/mol. The molecule has 80 heavy (non-hydrogen) atoms. The smallest absolute Gasteiger partial charge is 0.306 e. The summed E-state index contributed by atoms with van der Waals surface area (Å²) in [6.45, 7) is 4.80. The van der Waals surface area contributed by atoms with Crippen LogP contribution in [0.25, 0.3) is 0 Å². The van der Waals surface area contributed by atoms with Gasteiger partial charge < -0.3 is 33.3 Å². The number of esters is 2. The molecule has 0 bridgehead atoms. The molecule has 0 amide bonds. The fourth-order valence-electron chi connectivity index (χ4n) is 10.6. The summed E-state index contributed by atoms with van der Waals surface area (Å²) >= 11 is 0. The van der Waals surface area contributed by atoms with Gasteiger partial charge in [-0.25, -0.2) is 0 Å². The number of carbonyl (C=O) groups is 3. The van der Waals surface area contributed by atoms with Gasteiger partial charge in [0.1, 0.15) is 13.2 Å². The quantitative estimate of drug-likeness (QED) is 0.0195. The SMILES string of the molecule is CCCCCCC/C=C\C/C=C\CCCCCCCCCCCC(=O)OC(COC(=O)CCCCCCCCCCCCCCCCCCCCCCCCCCCCCCCCCCCC)COC(OCC[N+](C)(C)C)C(=O)[O-]. The maximum atomic E-state index is 12.9. The molecule has 0 aliphatic heterocycles. The van der Waals surface area contributed by atoms with Gasteiger partial charge in [0.05, 0.1) is 40.3 Å². The molecule has 0 radical (unpaired) electrons. The number of aliphatic carboxylic acids is 1. The zero-order chi connectivity index (χ0) is 58.3. The van der Waals surface area contributed by atoms with E-state index in [9.17, 15) is 19.5 Å². The predicted octanol–water partition coefficient (Wildman–Crippen LogP) is 20.1. The van der Waals surface area contributed by atoms with E-state index in [0.717, 1.165) is 51.4 Å². The number of carbonyl (C=O) groups excluding carboxylic acids is 3. The Balaban J connectivity index is 4.01. The second kappa shape index (κ2) is 62.8. The number of nitrogens with zero attached hydrogens (tertiary/aromatic N) is 1. The van der Waals surface area contributed by atoms with E-state index in [1.807, 2.05) is 21.1 Å². The number of rotatable bonds is 66. The number of allylic oxidation sites excluding steroid dienone is 4. The van der Waals surface area contributed by atoms with Gasteiger partial charge in [-0.3, -0.25) is 9.59 Å². The highest BCUT2D eigenvalue weighted by Crippen LogP contribution is 2.19. The Morgan fingerprint density at radius 1 is 0.375 bits per heavy atom. The van der Waals surface area contributed by atoms with Crippen molar-refractivity contribution < 1.29 is 42.9 Å². The van der Waals surface area contributed by atoms with Gasteiger partial charge in [-0.1, -0.05) is 321 Å². The lowest BCUT2D eigenvalue weighted by atomic mass is 10.0. The van der Waals surface area contributed by atoms with Crippen LogP contribution in [0.15, 0.2) is 24.3 Å². The first-order chi connectivity index (χ1) is 39.1. The highest BCUT2D eigenvalue weighted by atomic mass is 16.7. The van der Waals surface area contributed by atoms with Gasteiger partial charge in [0, 0.05) is 12.8 Å². The van der Waals surface area contributed by atoms with Crippen LogP contribution in [0.2, 0.25) is 0 Å². The maximum Gasteiger partial charge on any atom is 0.306 e. The van der Waals surface area contributed by atoms with Crippen molar-refractivity contribution in [3.63, 3.8) is 0 Å². The molecule has 0 fully saturated rings. The Labute approximate surface area is 497 Å². The Hall–Kier alpha value is -2.23. The van der Waals surface area contributed by atoms with Crippen molar-refractivity contribution in [1.29, 1.82) is 0 Å². The zero-order valence-electron chi connectivity index (χ0n) is 54.0. The molecule has 0 aromatic rings. The highest BCUT2D eigenvalue weighted by molar-refractivity contribution is 5.70. The summed E-state index contributed by atoms with van der Waals surface area (Å²) in [5.74, 6) is -2.26. The Bertz CT molecular complexity index is 1360. The largest absolute Gasteiger partial charge is 0.545 e. The average Bonchev–Trinajstić information content (AvgIpc) is 3.43. The number of hydrogen-bond acceptors (Lipinski definition) is 8. The first-order valence-corrected chi connectivity index (χ1v) is 35.0. The van der Waals surface area contributed by atoms with Crippen molar-refractivity contribution >= 4 is 17.9 Å². The molecule has 0 aliphatic carbocycles. The first kappa shape index (κ1) is 77.8. The van der Waals surface area contributed by atoms with E-state index in [1.165, 1.54) is 270 Å². The van der Waals surface area contributed by atoms with E-state index in [2.05, 4.69) is 38.2 Å². The Morgan fingerprint density at radius 2 is 0.675 bits per heavy atom. The molecule has 0 aliphatic rings. The van der Waals surface area contributed by atoms with Crippen molar-refractivity contribution in [2.24, 2.45) is 0 Å². The standard InChI is InChI=1S/C71H135NO8/c1-6-8-10-12-14-16-18-20-22-24-26-28-29-30-31-32-33-34-35-36-37-38-39-40-42-43-45-47-49-51-53-55-57-59-61-68(73)78-65-67(66-79-71(70(75)76)77-64-63-72(3,4)5)80-69(74)62-60-58-56-54-52-50-48-46-44-41-27-25-23-21-19-17-15-13-11-9-7-2/h19,21,25,27,67,71H,6-18,20,22-24,26,28-66H2,1-5H3/b21-19-,27-25-. The third kappa shape index (κ3) is 63.4. The van der Waals surface area contributed by atoms with E-state index >= 15 is 0 Å². The minimum Gasteiger partial charge on any atom is -0.545 e. The van der Waals surface area contributed by atoms with Gasteiger partial charge in [-0.2, -0.15) is 0 Å². The fraction of sp³-hybridized carbons (Fsp3) is 0.901. The van der Waals surface area contributed by atoms with E-state index in [-0.39, 0.29) is 32.2 Å². The first-order valence-electron chi connectivity index (χ1n) is 35.0. The van der Waals surface area contributed by atoms with Gasteiger partial charge in [0.25, 0.3) is 0 Å². The van der Waals surface area contributed by atoms with E-state index < -0.39 is 24.3 Å². The van der Waals surface area contributed by atoms with Crippen molar-refractivity contribution in [3.8, 4) is 0 Å². The number of carboxylic acids is 1. The minimum atomic E-state index is -1.62. The molecule has 0 rings (SSSR count). The minimum absolute atomic E-state index is 0.149. The molecule has 0 aromatic carbocycles. The third-order valence-corrected chi connectivity index (χ3v) is 16.0. The fourth-order valence-corrected chi connectivity index (χ4v) is 10.6. The molecule has 0 saturated heterocycles. The molecule has 0 spiro atoms. The van der Waals surface area contributed by atoms with E-state index in [4.69, 9.17) is 18.9 Å². The van der Waals surface area contributed by atoms with Gasteiger partial charge in [0.2, 0.25) is 0 Å². The summed E-state index contributed by atoms with van der Waals surface area (Å²) < 4.78 is 22.8. The summed E-state index contributed by atoms with van der Waals surface area (Å²) in [5, 5.41) is 11.8. The number of likely N-dealkylation sites (N-methyl/N-ethyl adjacent to an activating group) is 1. The highest BCUT2D eigenvalue weighted by Gasteiger charge is 2.22. The van der Waals surface area contributed by atoms with Crippen LogP contribution in [-0.4, -0.2) is 82.3 Å². The second-order valence-corrected chi connectivity index (χ2v) is 25.2. The molecule has 472 valence electrons. The maximum absolute atomic E-state index is 12.9. The van der Waals surface area contributed by atoms with Crippen LogP contribution < -0.4 is 5.11 Å². The summed E-state index contributed by atoms with van der Waals surface area (Å²) in [7, 11) is 5.94. The van der Waals surface area contributed by atoms with E-state index in [1.54, 1.807) is 0 Å². The van der Waals surface area contributed by atoms with Crippen LogP contribution >= 0.6 is 0 Å². The number of hydrogen-bond donors (Lipinski definition) is 0. The molecule has 2 unspecified atom stereocenters. The lowest BCUT2D eigenvalue weighted by Gasteiger charge is -2.26. The van der Waals surface area contributed by atoms with Crippen LogP contribution in [0.5, 0.6) is 0 Å². The molecule has 0 aromatic heterocycles. The van der Waals surface area contributed by atoms with Crippen LogP contribution in [0.4, 0.5) is 0 Å². The lowest BCUT2D eigenvalue weighted by molar-refractivity contribution is -0.870. The second-order valence-electron chi connectivity index (χ2n) is 25.2. The van der Waals surface area contributed by atoms with Crippen LogP contribution in [0.1, 0.15) is 354 Å². The van der Waals surface area contributed by atoms with Crippen molar-refractivity contribution in [2.45, 2.75) is 367 Å².